The average Bonchev–Trinajstić information content (AvgIpc) is 3.09. The number of carbonyl (C=O) groups excluding carboxylic acids is 1. The fraction of sp³-hybridized carbons (Fsp3) is 0.474. The normalized spacial score (nSPS) is 15.6. The average molecular weight is 415 g/mol. The van der Waals surface area contributed by atoms with Gasteiger partial charge in [0.25, 0.3) is 0 Å². The quantitative estimate of drug-likeness (QED) is 0.785. The first-order valence-electron chi connectivity index (χ1n) is 8.87. The molecule has 0 radical (unpaired) electrons. The number of rotatable bonds is 6. The molecule has 1 unspecified atom stereocenters. The van der Waals surface area contributed by atoms with Gasteiger partial charge in [0.15, 0.2) is 5.76 Å². The highest BCUT2D eigenvalue weighted by Crippen LogP contribution is 2.20. The molecule has 150 valence electrons. The Bertz CT molecular complexity index is 686. The Hall–Kier alpha value is -1.60. The van der Waals surface area contributed by atoms with Crippen molar-refractivity contribution in [3.8, 4) is 11.3 Å². The molecule has 1 aliphatic heterocycles. The summed E-state index contributed by atoms with van der Waals surface area (Å²) in [7, 11) is 0. The van der Waals surface area contributed by atoms with Crippen LogP contribution in [0.4, 0.5) is 0 Å². The molecule has 0 aliphatic carbocycles. The van der Waals surface area contributed by atoms with Crippen LogP contribution in [0, 0.1) is 0 Å². The second-order valence-electron chi connectivity index (χ2n) is 6.66. The van der Waals surface area contributed by atoms with Crippen molar-refractivity contribution in [1.29, 1.82) is 0 Å². The van der Waals surface area contributed by atoms with Crippen LogP contribution in [0.25, 0.3) is 11.3 Å². The summed E-state index contributed by atoms with van der Waals surface area (Å²) in [5.74, 6) is 1.72. The van der Waals surface area contributed by atoms with E-state index in [9.17, 15) is 4.79 Å². The van der Waals surface area contributed by atoms with Crippen molar-refractivity contribution in [2.24, 2.45) is 5.73 Å². The van der Waals surface area contributed by atoms with Gasteiger partial charge in [0.05, 0.1) is 12.7 Å². The zero-order valence-corrected chi connectivity index (χ0v) is 17.2. The van der Waals surface area contributed by atoms with Crippen LogP contribution in [-0.4, -0.2) is 52.9 Å². The van der Waals surface area contributed by atoms with E-state index in [-0.39, 0.29) is 36.8 Å². The van der Waals surface area contributed by atoms with Crippen molar-refractivity contribution in [1.82, 2.24) is 14.8 Å². The molecule has 0 spiro atoms. The Morgan fingerprint density at radius 2 is 1.85 bits per heavy atom. The van der Waals surface area contributed by atoms with Crippen LogP contribution >= 0.6 is 24.8 Å². The zero-order chi connectivity index (χ0) is 17.6. The highest BCUT2D eigenvalue weighted by Gasteiger charge is 2.22. The van der Waals surface area contributed by atoms with Crippen LogP contribution in [0.15, 0.2) is 40.9 Å². The molecular formula is C19H28Cl2N4O2. The first-order valence-corrected chi connectivity index (χ1v) is 8.87. The number of oxazole rings is 1. The number of benzene rings is 1. The van der Waals surface area contributed by atoms with Crippen molar-refractivity contribution >= 4 is 30.7 Å². The summed E-state index contributed by atoms with van der Waals surface area (Å²) in [6, 6.07) is 10.1. The summed E-state index contributed by atoms with van der Waals surface area (Å²) in [5, 5.41) is 0. The van der Waals surface area contributed by atoms with Crippen molar-refractivity contribution in [2.75, 3.05) is 26.2 Å². The summed E-state index contributed by atoms with van der Waals surface area (Å²) >= 11 is 0. The van der Waals surface area contributed by atoms with Crippen molar-refractivity contribution in [2.45, 2.75) is 32.4 Å². The molecule has 0 saturated carbocycles. The molecule has 1 aliphatic rings. The van der Waals surface area contributed by atoms with Gasteiger partial charge < -0.3 is 15.1 Å². The maximum absolute atomic E-state index is 12.1. The molecule has 2 N–H and O–H groups in total. The number of piperazine rings is 1. The lowest BCUT2D eigenvalue weighted by molar-refractivity contribution is -0.133. The van der Waals surface area contributed by atoms with Crippen molar-refractivity contribution in [3.63, 3.8) is 0 Å². The standard InChI is InChI=1S/C19H26N4O2.2ClH/c1-15(20)7-8-19(24)23-11-9-22(10-12-23)14-18-21-13-17(25-18)16-5-3-2-4-6-16;;/h2-6,13,15H,7-12,14,20H2,1H3;2*1H. The smallest absolute Gasteiger partial charge is 0.222 e. The van der Waals surface area contributed by atoms with E-state index in [1.54, 1.807) is 6.20 Å². The molecule has 1 saturated heterocycles. The van der Waals surface area contributed by atoms with Gasteiger partial charge in [-0.25, -0.2) is 4.98 Å². The summed E-state index contributed by atoms with van der Waals surface area (Å²) in [6.07, 6.45) is 3.06. The minimum atomic E-state index is 0. The van der Waals surface area contributed by atoms with Gasteiger partial charge in [-0.1, -0.05) is 30.3 Å². The molecule has 6 nitrogen and oxygen atoms in total. The van der Waals surface area contributed by atoms with Crippen LogP contribution in [0.3, 0.4) is 0 Å². The Kier molecular flexibility index (Phi) is 9.80. The van der Waals surface area contributed by atoms with E-state index >= 15 is 0 Å². The summed E-state index contributed by atoms with van der Waals surface area (Å²) in [5.41, 5.74) is 6.76. The van der Waals surface area contributed by atoms with Gasteiger partial charge in [-0.05, 0) is 13.3 Å². The summed E-state index contributed by atoms with van der Waals surface area (Å²) < 4.78 is 5.86. The lowest BCUT2D eigenvalue weighted by Gasteiger charge is -2.34. The van der Waals surface area contributed by atoms with Gasteiger partial charge in [-0.3, -0.25) is 9.69 Å². The van der Waals surface area contributed by atoms with E-state index in [0.717, 1.165) is 49.8 Å². The highest BCUT2D eigenvalue weighted by molar-refractivity contribution is 5.85. The highest BCUT2D eigenvalue weighted by atomic mass is 35.5. The van der Waals surface area contributed by atoms with E-state index in [4.69, 9.17) is 10.2 Å². The largest absolute Gasteiger partial charge is 0.439 e. The van der Waals surface area contributed by atoms with Gasteiger partial charge in [0.2, 0.25) is 11.8 Å². The first-order chi connectivity index (χ1) is 12.1. The minimum absolute atomic E-state index is 0. The molecule has 1 fully saturated rings. The topological polar surface area (TPSA) is 75.6 Å². The van der Waals surface area contributed by atoms with Crippen LogP contribution in [0.1, 0.15) is 25.7 Å². The van der Waals surface area contributed by atoms with E-state index in [1.165, 1.54) is 0 Å². The third-order valence-corrected chi connectivity index (χ3v) is 4.51. The van der Waals surface area contributed by atoms with Crippen LogP contribution in [0.5, 0.6) is 0 Å². The molecule has 1 amide bonds. The van der Waals surface area contributed by atoms with Gasteiger partial charge in [0, 0.05) is 44.2 Å². The SMILES string of the molecule is CC(N)CCC(=O)N1CCN(Cc2ncc(-c3ccccc3)o2)CC1.Cl.Cl. The van der Waals surface area contributed by atoms with Gasteiger partial charge >= 0.3 is 0 Å². The van der Waals surface area contributed by atoms with E-state index in [1.807, 2.05) is 42.2 Å². The van der Waals surface area contributed by atoms with Crippen LogP contribution < -0.4 is 5.73 Å². The Morgan fingerprint density at radius 1 is 1.19 bits per heavy atom. The van der Waals surface area contributed by atoms with Crippen LogP contribution in [-0.2, 0) is 11.3 Å². The lowest BCUT2D eigenvalue weighted by Crippen LogP contribution is -2.48. The third kappa shape index (κ3) is 6.81. The molecule has 1 atom stereocenters. The summed E-state index contributed by atoms with van der Waals surface area (Å²) in [6.45, 7) is 5.80. The first kappa shape index (κ1) is 23.4. The zero-order valence-electron chi connectivity index (χ0n) is 15.5. The predicted octanol–water partition coefficient (Wildman–Crippen LogP) is 2.96. The second kappa shape index (κ2) is 11.3. The Labute approximate surface area is 172 Å². The molecule has 1 aromatic carbocycles. The van der Waals surface area contributed by atoms with E-state index < -0.39 is 0 Å². The number of nitrogens with two attached hydrogens (primary N) is 1. The number of carbonyl (C=O) groups is 1. The summed E-state index contributed by atoms with van der Waals surface area (Å²) in [4.78, 5) is 20.7. The fourth-order valence-electron chi connectivity index (χ4n) is 2.98. The monoisotopic (exact) mass is 414 g/mol. The van der Waals surface area contributed by atoms with Crippen molar-refractivity contribution < 1.29 is 9.21 Å². The Morgan fingerprint density at radius 3 is 2.48 bits per heavy atom. The molecule has 8 heteroatoms. The van der Waals surface area contributed by atoms with E-state index in [2.05, 4.69) is 9.88 Å². The molecule has 1 aromatic heterocycles. The number of hydrogen-bond donors (Lipinski definition) is 1. The maximum Gasteiger partial charge on any atom is 0.222 e. The fourth-order valence-corrected chi connectivity index (χ4v) is 2.98. The number of halogens is 2. The molecular weight excluding hydrogens is 387 g/mol. The number of hydrogen-bond acceptors (Lipinski definition) is 5. The third-order valence-electron chi connectivity index (χ3n) is 4.51. The van der Waals surface area contributed by atoms with Crippen molar-refractivity contribution in [3.05, 3.63) is 42.4 Å². The number of aromatic nitrogens is 1. The predicted molar refractivity (Wildman–Crippen MR) is 111 cm³/mol. The Balaban J connectivity index is 0.00000182. The maximum atomic E-state index is 12.1. The molecule has 2 aromatic rings. The number of amides is 1. The molecule has 2 heterocycles. The molecule has 3 rings (SSSR count). The van der Waals surface area contributed by atoms with Gasteiger partial charge in [-0.2, -0.15) is 0 Å². The molecule has 0 bridgehead atoms. The second-order valence-corrected chi connectivity index (χ2v) is 6.66. The van der Waals surface area contributed by atoms with Gasteiger partial charge in [-0.15, -0.1) is 24.8 Å². The van der Waals surface area contributed by atoms with Crippen LogP contribution in [0.2, 0.25) is 0 Å². The van der Waals surface area contributed by atoms with E-state index in [0.29, 0.717) is 13.0 Å². The molecule has 27 heavy (non-hydrogen) atoms. The lowest BCUT2D eigenvalue weighted by atomic mass is 10.1. The minimum Gasteiger partial charge on any atom is -0.439 e. The number of nitrogens with zero attached hydrogens (tertiary/aromatic N) is 3. The van der Waals surface area contributed by atoms with Gasteiger partial charge in [0.1, 0.15) is 0 Å².